The number of benzene rings is 1. The number of hydrogen-bond acceptors (Lipinski definition) is 2. The number of carbonyl (C=O) groups is 1. The summed E-state index contributed by atoms with van der Waals surface area (Å²) in [4.78, 5) is 12.5. The molecule has 1 aliphatic heterocycles. The zero-order chi connectivity index (χ0) is 15.3. The SMILES string of the molecule is Cc1cccc(CCNC(=O)C(C)(C)C2CCCNC2)c1. The second kappa shape index (κ2) is 7.08. The molecule has 2 rings (SSSR count). The van der Waals surface area contributed by atoms with Crippen molar-refractivity contribution >= 4 is 5.91 Å². The van der Waals surface area contributed by atoms with Crippen LogP contribution < -0.4 is 10.6 Å². The Hall–Kier alpha value is -1.35. The minimum absolute atomic E-state index is 0.184. The van der Waals surface area contributed by atoms with Gasteiger partial charge in [-0.2, -0.15) is 0 Å². The van der Waals surface area contributed by atoms with Crippen molar-refractivity contribution in [2.75, 3.05) is 19.6 Å². The van der Waals surface area contributed by atoms with Gasteiger partial charge in [-0.15, -0.1) is 0 Å². The first-order valence-electron chi connectivity index (χ1n) is 8.04. The van der Waals surface area contributed by atoms with Gasteiger partial charge in [-0.1, -0.05) is 43.7 Å². The summed E-state index contributed by atoms with van der Waals surface area (Å²) in [6, 6.07) is 8.48. The molecule has 0 radical (unpaired) electrons. The highest BCUT2D eigenvalue weighted by Crippen LogP contribution is 2.31. The average Bonchev–Trinajstić information content (AvgIpc) is 2.48. The second-order valence-electron chi connectivity index (χ2n) is 6.76. The first-order valence-corrected chi connectivity index (χ1v) is 8.04. The summed E-state index contributed by atoms with van der Waals surface area (Å²) in [6.45, 7) is 9.01. The van der Waals surface area contributed by atoms with Crippen molar-refractivity contribution < 1.29 is 4.79 Å². The highest BCUT2D eigenvalue weighted by molar-refractivity contribution is 5.82. The highest BCUT2D eigenvalue weighted by Gasteiger charge is 2.36. The molecule has 1 aromatic rings. The molecule has 21 heavy (non-hydrogen) atoms. The van der Waals surface area contributed by atoms with Crippen LogP contribution in [0.15, 0.2) is 24.3 Å². The monoisotopic (exact) mass is 288 g/mol. The normalized spacial score (nSPS) is 19.3. The first kappa shape index (κ1) is 16.0. The molecule has 2 N–H and O–H groups in total. The summed E-state index contributed by atoms with van der Waals surface area (Å²) in [5, 5.41) is 6.53. The predicted octanol–water partition coefficient (Wildman–Crippen LogP) is 2.68. The Morgan fingerprint density at radius 1 is 1.43 bits per heavy atom. The van der Waals surface area contributed by atoms with Crippen LogP contribution in [-0.2, 0) is 11.2 Å². The molecule has 3 heteroatoms. The third-order valence-electron chi connectivity index (χ3n) is 4.68. The van der Waals surface area contributed by atoms with Crippen LogP contribution in [0.4, 0.5) is 0 Å². The maximum absolute atomic E-state index is 12.5. The summed E-state index contributed by atoms with van der Waals surface area (Å²) < 4.78 is 0. The summed E-state index contributed by atoms with van der Waals surface area (Å²) in [5.41, 5.74) is 2.26. The van der Waals surface area contributed by atoms with Gasteiger partial charge in [0.05, 0.1) is 0 Å². The molecule has 0 aromatic heterocycles. The third-order valence-corrected chi connectivity index (χ3v) is 4.68. The molecule has 1 aromatic carbocycles. The molecule has 0 aliphatic carbocycles. The van der Waals surface area contributed by atoms with Crippen LogP contribution in [0.1, 0.15) is 37.8 Å². The van der Waals surface area contributed by atoms with Crippen LogP contribution in [0.3, 0.4) is 0 Å². The van der Waals surface area contributed by atoms with Crippen molar-refractivity contribution in [1.29, 1.82) is 0 Å². The van der Waals surface area contributed by atoms with E-state index < -0.39 is 0 Å². The number of amides is 1. The lowest BCUT2D eigenvalue weighted by molar-refractivity contribution is -0.132. The number of hydrogen-bond donors (Lipinski definition) is 2. The van der Waals surface area contributed by atoms with Crippen LogP contribution in [0.2, 0.25) is 0 Å². The molecule has 3 nitrogen and oxygen atoms in total. The Balaban J connectivity index is 1.83. The van der Waals surface area contributed by atoms with E-state index in [4.69, 9.17) is 0 Å². The van der Waals surface area contributed by atoms with Crippen molar-refractivity contribution in [2.45, 2.75) is 40.0 Å². The molecule has 1 atom stereocenters. The summed E-state index contributed by atoms with van der Waals surface area (Å²) in [5.74, 6) is 0.620. The van der Waals surface area contributed by atoms with E-state index in [1.807, 2.05) is 0 Å². The van der Waals surface area contributed by atoms with E-state index in [1.54, 1.807) is 0 Å². The minimum atomic E-state index is -0.292. The Kier molecular flexibility index (Phi) is 5.40. The number of carbonyl (C=O) groups excluding carboxylic acids is 1. The molecular formula is C18H28N2O. The maximum Gasteiger partial charge on any atom is 0.225 e. The fourth-order valence-electron chi connectivity index (χ4n) is 3.07. The smallest absolute Gasteiger partial charge is 0.225 e. The predicted molar refractivity (Wildman–Crippen MR) is 87.3 cm³/mol. The molecule has 1 fully saturated rings. The van der Waals surface area contributed by atoms with Gasteiger partial charge in [0, 0.05) is 12.0 Å². The lowest BCUT2D eigenvalue weighted by Gasteiger charge is -2.36. The molecule has 1 unspecified atom stereocenters. The van der Waals surface area contributed by atoms with E-state index in [2.05, 4.69) is 55.7 Å². The Morgan fingerprint density at radius 2 is 2.24 bits per heavy atom. The highest BCUT2D eigenvalue weighted by atomic mass is 16.2. The Bertz CT molecular complexity index is 476. The Labute approximate surface area is 128 Å². The fraction of sp³-hybridized carbons (Fsp3) is 0.611. The summed E-state index contributed by atoms with van der Waals surface area (Å²) >= 11 is 0. The van der Waals surface area contributed by atoms with Gasteiger partial charge in [0.2, 0.25) is 5.91 Å². The molecule has 0 saturated carbocycles. The van der Waals surface area contributed by atoms with Gasteiger partial charge in [-0.25, -0.2) is 0 Å². The van der Waals surface area contributed by atoms with Crippen molar-refractivity contribution in [3.63, 3.8) is 0 Å². The molecule has 0 bridgehead atoms. The maximum atomic E-state index is 12.5. The van der Waals surface area contributed by atoms with Gasteiger partial charge in [0.15, 0.2) is 0 Å². The molecule has 1 saturated heterocycles. The topological polar surface area (TPSA) is 41.1 Å². The molecule has 1 amide bonds. The molecule has 1 aliphatic rings. The zero-order valence-electron chi connectivity index (χ0n) is 13.5. The van der Waals surface area contributed by atoms with E-state index >= 15 is 0 Å². The number of rotatable bonds is 5. The van der Waals surface area contributed by atoms with Crippen molar-refractivity contribution in [2.24, 2.45) is 11.3 Å². The Morgan fingerprint density at radius 3 is 2.90 bits per heavy atom. The third kappa shape index (κ3) is 4.31. The van der Waals surface area contributed by atoms with Crippen LogP contribution in [0, 0.1) is 18.3 Å². The largest absolute Gasteiger partial charge is 0.355 e. The van der Waals surface area contributed by atoms with E-state index in [-0.39, 0.29) is 11.3 Å². The summed E-state index contributed by atoms with van der Waals surface area (Å²) in [7, 11) is 0. The van der Waals surface area contributed by atoms with E-state index in [1.165, 1.54) is 17.5 Å². The molecular weight excluding hydrogens is 260 g/mol. The quantitative estimate of drug-likeness (QED) is 0.874. The van der Waals surface area contributed by atoms with Crippen LogP contribution in [0.25, 0.3) is 0 Å². The van der Waals surface area contributed by atoms with Gasteiger partial charge in [-0.05, 0) is 50.8 Å². The van der Waals surface area contributed by atoms with E-state index in [9.17, 15) is 4.79 Å². The van der Waals surface area contributed by atoms with Gasteiger partial charge >= 0.3 is 0 Å². The minimum Gasteiger partial charge on any atom is -0.355 e. The standard InChI is InChI=1S/C18H28N2O/c1-14-6-4-7-15(12-14)9-11-20-17(21)18(2,3)16-8-5-10-19-13-16/h4,6-7,12,16,19H,5,8-11,13H2,1-3H3,(H,20,21). The number of piperidine rings is 1. The van der Waals surface area contributed by atoms with Gasteiger partial charge < -0.3 is 10.6 Å². The van der Waals surface area contributed by atoms with Crippen molar-refractivity contribution in [3.05, 3.63) is 35.4 Å². The lowest BCUT2D eigenvalue weighted by Crippen LogP contribution is -2.47. The summed E-state index contributed by atoms with van der Waals surface area (Å²) in [6.07, 6.45) is 3.21. The molecule has 116 valence electrons. The molecule has 1 heterocycles. The van der Waals surface area contributed by atoms with Gasteiger partial charge in [0.1, 0.15) is 0 Å². The zero-order valence-corrected chi connectivity index (χ0v) is 13.5. The van der Waals surface area contributed by atoms with Crippen molar-refractivity contribution in [1.82, 2.24) is 10.6 Å². The number of aryl methyl sites for hydroxylation is 1. The lowest BCUT2D eigenvalue weighted by atomic mass is 9.74. The second-order valence-corrected chi connectivity index (χ2v) is 6.76. The van der Waals surface area contributed by atoms with Crippen LogP contribution in [0.5, 0.6) is 0 Å². The van der Waals surface area contributed by atoms with Crippen LogP contribution in [-0.4, -0.2) is 25.5 Å². The van der Waals surface area contributed by atoms with E-state index in [0.29, 0.717) is 12.5 Å². The van der Waals surface area contributed by atoms with Crippen LogP contribution >= 0.6 is 0 Å². The van der Waals surface area contributed by atoms with Gasteiger partial charge in [0.25, 0.3) is 0 Å². The first-order chi connectivity index (χ1) is 10.00. The fourth-order valence-corrected chi connectivity index (χ4v) is 3.07. The number of nitrogens with one attached hydrogen (secondary N) is 2. The van der Waals surface area contributed by atoms with Gasteiger partial charge in [-0.3, -0.25) is 4.79 Å². The average molecular weight is 288 g/mol. The van der Waals surface area contributed by atoms with E-state index in [0.717, 1.165) is 25.9 Å². The molecule has 0 spiro atoms. The van der Waals surface area contributed by atoms with Crippen molar-refractivity contribution in [3.8, 4) is 0 Å².